The number of fused-ring (bicyclic) bond motifs is 3. The number of nitrogens with zero attached hydrogens (tertiary/aromatic N) is 2. The summed E-state index contributed by atoms with van der Waals surface area (Å²) in [5.41, 5.74) is -1.54. The van der Waals surface area contributed by atoms with Crippen molar-refractivity contribution in [3.63, 3.8) is 0 Å². The number of sulfonamides is 1. The second-order valence-corrected chi connectivity index (χ2v) is 16.3. The Kier molecular flexibility index (Phi) is 9.92. The molecule has 4 N–H and O–H groups in total. The minimum absolute atomic E-state index is 0.0167. The lowest BCUT2D eigenvalue weighted by Crippen LogP contribution is -2.59. The van der Waals surface area contributed by atoms with Crippen LogP contribution in [0.15, 0.2) is 36.5 Å². The van der Waals surface area contributed by atoms with Gasteiger partial charge in [0.15, 0.2) is 0 Å². The number of methoxy groups -OCH3 is 1. The summed E-state index contributed by atoms with van der Waals surface area (Å²) in [6.45, 7) is 3.71. The first-order valence-corrected chi connectivity index (χ1v) is 18.8. The molecule has 50 heavy (non-hydrogen) atoms. The zero-order valence-corrected chi connectivity index (χ0v) is 29.6. The zero-order chi connectivity index (χ0) is 36.0. The number of hydrogen-bond acceptors (Lipinski definition) is 9. The standard InChI is InChI=1S/C34H42ClN5O9S/c1-18-6-4-7-19(2)28(37-33(44)45)31(42)40-17-21(49-30-23-8-5-9-24(35)27(23)26(48-3)16-36-30)14-25(40)29(41)38-34(15-20(34)11-10-18)32(43)39-50(46,47)22-12-13-22/h5,8-11,16,18-22,25,28,37H,4,6-7,12-15,17H2,1-3H3,(H,38,41)(H,39,43)(H,44,45)/b11-10-/t18-,19+,20+,21+,25-,28-,34+/m0/s1. The molecule has 0 spiro atoms. The van der Waals surface area contributed by atoms with E-state index in [0.717, 1.165) is 6.42 Å². The Morgan fingerprint density at radius 3 is 2.60 bits per heavy atom. The molecule has 1 saturated heterocycles. The van der Waals surface area contributed by atoms with Crippen LogP contribution >= 0.6 is 11.6 Å². The largest absolute Gasteiger partial charge is 0.494 e. The number of halogens is 1. The third kappa shape index (κ3) is 7.20. The van der Waals surface area contributed by atoms with Crippen LogP contribution in [0.3, 0.4) is 0 Å². The number of amides is 4. The van der Waals surface area contributed by atoms with Gasteiger partial charge in [-0.15, -0.1) is 0 Å². The van der Waals surface area contributed by atoms with E-state index in [1.807, 2.05) is 19.1 Å². The fraction of sp³-hybridized carbons (Fsp3) is 0.559. The van der Waals surface area contributed by atoms with Crippen LogP contribution in [-0.4, -0.2) is 89.9 Å². The Labute approximate surface area is 295 Å². The van der Waals surface area contributed by atoms with Crippen LogP contribution < -0.4 is 24.8 Å². The molecule has 0 unspecified atom stereocenters. The minimum atomic E-state index is -3.91. The highest BCUT2D eigenvalue weighted by molar-refractivity contribution is 7.91. The van der Waals surface area contributed by atoms with Gasteiger partial charge in [-0.1, -0.05) is 50.1 Å². The summed E-state index contributed by atoms with van der Waals surface area (Å²) in [5.74, 6) is -2.28. The summed E-state index contributed by atoms with van der Waals surface area (Å²) in [7, 11) is -2.42. The average Bonchev–Trinajstić information content (AvgIpc) is 3.99. The van der Waals surface area contributed by atoms with Crippen molar-refractivity contribution in [3.05, 3.63) is 41.6 Å². The first kappa shape index (κ1) is 35.7. The van der Waals surface area contributed by atoms with Gasteiger partial charge in [0.05, 0.1) is 30.1 Å². The molecule has 0 radical (unpaired) electrons. The minimum Gasteiger partial charge on any atom is -0.494 e. The number of benzene rings is 1. The van der Waals surface area contributed by atoms with Gasteiger partial charge < -0.3 is 30.1 Å². The number of carbonyl (C=O) groups excluding carboxylic acids is 3. The van der Waals surface area contributed by atoms with Gasteiger partial charge in [0.2, 0.25) is 27.7 Å². The monoisotopic (exact) mass is 731 g/mol. The molecule has 7 atom stereocenters. The van der Waals surface area contributed by atoms with E-state index in [0.29, 0.717) is 47.2 Å². The summed E-state index contributed by atoms with van der Waals surface area (Å²) in [4.78, 5) is 59.8. The van der Waals surface area contributed by atoms with Crippen molar-refractivity contribution in [2.24, 2.45) is 17.8 Å². The van der Waals surface area contributed by atoms with Crippen molar-refractivity contribution in [1.82, 2.24) is 25.2 Å². The Bertz CT molecular complexity index is 1840. The van der Waals surface area contributed by atoms with Gasteiger partial charge >= 0.3 is 6.09 Å². The van der Waals surface area contributed by atoms with Gasteiger partial charge in [-0.2, -0.15) is 0 Å². The third-order valence-corrected chi connectivity index (χ3v) is 12.3. The van der Waals surface area contributed by atoms with Crippen molar-refractivity contribution >= 4 is 56.2 Å². The Morgan fingerprint density at radius 1 is 1.14 bits per heavy atom. The van der Waals surface area contributed by atoms with Crippen LogP contribution in [0, 0.1) is 17.8 Å². The van der Waals surface area contributed by atoms with Gasteiger partial charge in [-0.25, -0.2) is 18.2 Å². The molecule has 2 aliphatic carbocycles. The number of carboxylic acid groups (broad SMARTS) is 1. The fourth-order valence-corrected chi connectivity index (χ4v) is 8.69. The molecule has 2 saturated carbocycles. The van der Waals surface area contributed by atoms with E-state index in [-0.39, 0.29) is 31.2 Å². The number of nitrogens with one attached hydrogen (secondary N) is 3. The van der Waals surface area contributed by atoms with Crippen LogP contribution in [0.4, 0.5) is 4.79 Å². The lowest BCUT2D eigenvalue weighted by molar-refractivity contribution is -0.142. The molecule has 16 heteroatoms. The van der Waals surface area contributed by atoms with Crippen LogP contribution in [0.1, 0.15) is 58.8 Å². The van der Waals surface area contributed by atoms with E-state index >= 15 is 0 Å². The highest BCUT2D eigenvalue weighted by atomic mass is 35.5. The number of carbonyl (C=O) groups is 4. The maximum atomic E-state index is 14.3. The summed E-state index contributed by atoms with van der Waals surface area (Å²) in [6.07, 6.45) is 6.15. The molecule has 14 nitrogen and oxygen atoms in total. The molecular weight excluding hydrogens is 690 g/mol. The quantitative estimate of drug-likeness (QED) is 0.307. The Morgan fingerprint density at radius 2 is 1.90 bits per heavy atom. The smallest absolute Gasteiger partial charge is 0.405 e. The van der Waals surface area contributed by atoms with Crippen LogP contribution in [-0.2, 0) is 24.4 Å². The van der Waals surface area contributed by atoms with E-state index in [1.54, 1.807) is 25.1 Å². The number of allylic oxidation sites excluding steroid dienone is 1. The molecule has 270 valence electrons. The van der Waals surface area contributed by atoms with Crippen LogP contribution in [0.2, 0.25) is 5.02 Å². The molecule has 3 heterocycles. The molecule has 2 aliphatic heterocycles. The normalized spacial score (nSPS) is 30.9. The molecule has 1 aromatic carbocycles. The van der Waals surface area contributed by atoms with E-state index in [4.69, 9.17) is 21.1 Å². The van der Waals surface area contributed by atoms with Crippen molar-refractivity contribution < 1.29 is 42.2 Å². The first-order valence-electron chi connectivity index (χ1n) is 16.9. The Hall–Kier alpha value is -4.11. The van der Waals surface area contributed by atoms with Gasteiger partial charge in [-0.3, -0.25) is 19.1 Å². The third-order valence-electron chi connectivity index (χ3n) is 10.2. The van der Waals surface area contributed by atoms with E-state index in [2.05, 4.69) is 20.3 Å². The van der Waals surface area contributed by atoms with Crippen molar-refractivity contribution in [1.29, 1.82) is 0 Å². The second kappa shape index (κ2) is 13.9. The van der Waals surface area contributed by atoms with Crippen molar-refractivity contribution in [2.45, 2.75) is 87.8 Å². The number of rotatable bonds is 7. The zero-order valence-electron chi connectivity index (χ0n) is 28.1. The first-order chi connectivity index (χ1) is 23.7. The van der Waals surface area contributed by atoms with Crippen LogP contribution in [0.5, 0.6) is 11.6 Å². The lowest BCUT2D eigenvalue weighted by atomic mass is 9.92. The predicted molar refractivity (Wildman–Crippen MR) is 183 cm³/mol. The maximum absolute atomic E-state index is 14.3. The molecular formula is C34H42ClN5O9S. The topological polar surface area (TPSA) is 193 Å². The van der Waals surface area contributed by atoms with Gasteiger partial charge in [0, 0.05) is 23.1 Å². The van der Waals surface area contributed by atoms with E-state index in [9.17, 15) is 32.7 Å². The van der Waals surface area contributed by atoms with Crippen LogP contribution in [0.25, 0.3) is 10.8 Å². The number of aromatic nitrogens is 1. The number of ether oxygens (including phenoxy) is 2. The summed E-state index contributed by atoms with van der Waals surface area (Å²) in [6, 6.07) is 2.85. The average molecular weight is 732 g/mol. The number of hydrogen-bond donors (Lipinski definition) is 4. The molecule has 4 aliphatic rings. The summed E-state index contributed by atoms with van der Waals surface area (Å²) >= 11 is 6.49. The Balaban J connectivity index is 1.34. The maximum Gasteiger partial charge on any atom is 0.405 e. The second-order valence-electron chi connectivity index (χ2n) is 13.9. The van der Waals surface area contributed by atoms with Gasteiger partial charge in [-0.05, 0) is 56.1 Å². The summed E-state index contributed by atoms with van der Waals surface area (Å²) < 4.78 is 39.5. The highest BCUT2D eigenvalue weighted by Crippen LogP contribution is 2.46. The van der Waals surface area contributed by atoms with E-state index < -0.39 is 74.7 Å². The lowest BCUT2D eigenvalue weighted by Gasteiger charge is -2.31. The SMILES string of the molecule is COc1cnc(O[C@@H]2C[C@H]3C(=O)N[C@]4(C(=O)NS(=O)(=O)C5CC5)C[C@H]4/C=C\[C@@H](C)CCC[C@@H](C)[C@H](NC(=O)O)C(=O)N3C2)c2cccc(Cl)c12. The van der Waals surface area contributed by atoms with E-state index in [1.165, 1.54) is 18.2 Å². The van der Waals surface area contributed by atoms with Crippen molar-refractivity contribution in [3.8, 4) is 11.6 Å². The predicted octanol–water partition coefficient (Wildman–Crippen LogP) is 3.38. The van der Waals surface area contributed by atoms with Crippen molar-refractivity contribution in [2.75, 3.05) is 13.7 Å². The van der Waals surface area contributed by atoms with Gasteiger partial charge in [0.25, 0.3) is 5.91 Å². The van der Waals surface area contributed by atoms with Gasteiger partial charge in [0.1, 0.15) is 29.5 Å². The molecule has 2 aromatic rings. The summed E-state index contributed by atoms with van der Waals surface area (Å²) in [5, 5.41) is 15.8. The molecule has 3 fully saturated rings. The fourth-order valence-electron chi connectivity index (χ4n) is 7.06. The molecule has 4 amide bonds. The highest BCUT2D eigenvalue weighted by Gasteiger charge is 2.62. The molecule has 0 bridgehead atoms. The number of pyridine rings is 1. The molecule has 1 aromatic heterocycles. The molecule has 6 rings (SSSR count).